The summed E-state index contributed by atoms with van der Waals surface area (Å²) in [5.41, 5.74) is 1.65. The Bertz CT molecular complexity index is 1220. The average molecular weight is 481 g/mol. The summed E-state index contributed by atoms with van der Waals surface area (Å²) in [5, 5.41) is 11.9. The van der Waals surface area contributed by atoms with Gasteiger partial charge in [-0.05, 0) is 50.8 Å². The van der Waals surface area contributed by atoms with Crippen LogP contribution in [0.2, 0.25) is 0 Å². The fourth-order valence-electron chi connectivity index (χ4n) is 5.25. The van der Waals surface area contributed by atoms with Crippen molar-refractivity contribution in [2.45, 2.75) is 52.1 Å². The Hall–Kier alpha value is -3.36. The van der Waals surface area contributed by atoms with E-state index in [1.807, 2.05) is 41.6 Å². The van der Waals surface area contributed by atoms with Gasteiger partial charge in [0.2, 0.25) is 17.7 Å². The Balaban J connectivity index is 1.53. The van der Waals surface area contributed by atoms with Crippen molar-refractivity contribution < 1.29 is 14.3 Å². The van der Waals surface area contributed by atoms with Gasteiger partial charge in [-0.1, -0.05) is 12.1 Å². The molecule has 5 rings (SSSR count). The highest BCUT2D eigenvalue weighted by molar-refractivity contribution is 5.94. The van der Waals surface area contributed by atoms with Gasteiger partial charge < -0.3 is 24.4 Å². The summed E-state index contributed by atoms with van der Waals surface area (Å²) >= 11 is 0. The first kappa shape index (κ1) is 23.4. The molecule has 1 atom stereocenters. The lowest BCUT2D eigenvalue weighted by Gasteiger charge is -2.35. The molecule has 0 radical (unpaired) electrons. The van der Waals surface area contributed by atoms with E-state index in [1.54, 1.807) is 6.92 Å². The quantitative estimate of drug-likeness (QED) is 0.600. The Morgan fingerprint density at radius 3 is 2.49 bits per heavy atom. The van der Waals surface area contributed by atoms with Gasteiger partial charge in [-0.25, -0.2) is 9.37 Å². The lowest BCUT2D eigenvalue weighted by atomic mass is 10.0. The molecule has 1 aromatic carbocycles. The number of hydrogen-bond donors (Lipinski definition) is 1. The highest BCUT2D eigenvalue weighted by atomic mass is 19.1. The summed E-state index contributed by atoms with van der Waals surface area (Å²) in [7, 11) is 0. The van der Waals surface area contributed by atoms with Crippen molar-refractivity contribution in [3.63, 3.8) is 0 Å². The number of benzene rings is 1. The number of halogens is 1. The molecule has 0 bridgehead atoms. The van der Waals surface area contributed by atoms with Gasteiger partial charge in [0.1, 0.15) is 17.2 Å². The molecule has 1 amide bonds. The largest absolute Gasteiger partial charge is 0.493 e. The third-order valence-corrected chi connectivity index (χ3v) is 7.24. The van der Waals surface area contributed by atoms with Gasteiger partial charge >= 0.3 is 0 Å². The predicted octanol–water partition coefficient (Wildman–Crippen LogP) is 3.74. The number of aromatic nitrogens is 3. The highest BCUT2D eigenvalue weighted by Gasteiger charge is 2.31. The molecule has 2 fully saturated rings. The molecule has 4 heterocycles. The van der Waals surface area contributed by atoms with Crippen molar-refractivity contribution >= 4 is 28.6 Å². The van der Waals surface area contributed by atoms with Gasteiger partial charge in [0.05, 0.1) is 5.39 Å². The van der Waals surface area contributed by atoms with Gasteiger partial charge in [-0.2, -0.15) is 4.98 Å². The molecular weight excluding hydrogens is 447 g/mol. The van der Waals surface area contributed by atoms with Crippen LogP contribution in [0.5, 0.6) is 5.88 Å². The number of hydrogen-bond acceptors (Lipinski definition) is 6. The average Bonchev–Trinajstić information content (AvgIpc) is 3.44. The van der Waals surface area contributed by atoms with Gasteiger partial charge in [-0.3, -0.25) is 4.79 Å². The number of carbonyl (C=O) groups excluding carboxylic acids is 1. The molecule has 0 aliphatic carbocycles. The predicted molar refractivity (Wildman–Crippen MR) is 135 cm³/mol. The maximum absolute atomic E-state index is 13.4. The standard InChI is InChI=1S/C26H33FN6O2/c1-17(2)33-16-22-23(25(33)35)28-26(31-13-11-30(12-14-31)18(3)34)29-24(22)32-10-4-5-21(32)15-19-6-8-20(27)9-7-19/h6-9,16-17,21,35H,4-5,10-15H2,1-3H3. The molecule has 0 saturated carbocycles. The third kappa shape index (κ3) is 4.51. The Kier molecular flexibility index (Phi) is 6.25. The van der Waals surface area contributed by atoms with Gasteiger partial charge in [0, 0.05) is 57.9 Å². The van der Waals surface area contributed by atoms with Crippen molar-refractivity contribution in [3.05, 3.63) is 41.8 Å². The van der Waals surface area contributed by atoms with E-state index in [0.29, 0.717) is 37.6 Å². The lowest BCUT2D eigenvalue weighted by Crippen LogP contribution is -2.48. The minimum absolute atomic E-state index is 0.0770. The highest BCUT2D eigenvalue weighted by Crippen LogP contribution is 2.38. The summed E-state index contributed by atoms with van der Waals surface area (Å²) in [6, 6.07) is 7.03. The van der Waals surface area contributed by atoms with Gasteiger partial charge in [-0.15, -0.1) is 0 Å². The normalized spacial score (nSPS) is 18.8. The number of nitrogens with zero attached hydrogens (tertiary/aromatic N) is 6. The molecule has 35 heavy (non-hydrogen) atoms. The SMILES string of the molecule is CC(=O)N1CCN(c2nc(N3CCCC3Cc3ccc(F)cc3)c3cn(C(C)C)c(O)c3n2)CC1. The molecule has 1 N–H and O–H groups in total. The molecule has 2 aromatic heterocycles. The summed E-state index contributed by atoms with van der Waals surface area (Å²) < 4.78 is 15.3. The number of amides is 1. The van der Waals surface area contributed by atoms with E-state index in [0.717, 1.165) is 42.6 Å². The Morgan fingerprint density at radius 1 is 1.11 bits per heavy atom. The summed E-state index contributed by atoms with van der Waals surface area (Å²) in [4.78, 5) is 27.9. The van der Waals surface area contributed by atoms with Crippen molar-refractivity contribution in [2.24, 2.45) is 0 Å². The molecule has 2 aliphatic rings. The van der Waals surface area contributed by atoms with Crippen LogP contribution in [0.25, 0.3) is 10.9 Å². The number of fused-ring (bicyclic) bond motifs is 1. The lowest BCUT2D eigenvalue weighted by molar-refractivity contribution is -0.129. The van der Waals surface area contributed by atoms with Crippen LogP contribution in [0, 0.1) is 5.82 Å². The molecule has 3 aromatic rings. The van der Waals surface area contributed by atoms with Crippen LogP contribution in [0.1, 0.15) is 45.2 Å². The van der Waals surface area contributed by atoms with E-state index in [2.05, 4.69) is 9.80 Å². The van der Waals surface area contributed by atoms with E-state index in [1.165, 1.54) is 12.1 Å². The molecule has 1 unspecified atom stereocenters. The van der Waals surface area contributed by atoms with E-state index >= 15 is 0 Å². The van der Waals surface area contributed by atoms with E-state index in [4.69, 9.17) is 9.97 Å². The van der Waals surface area contributed by atoms with Crippen LogP contribution < -0.4 is 9.80 Å². The minimum atomic E-state index is -0.227. The van der Waals surface area contributed by atoms with Crippen LogP contribution in [-0.4, -0.2) is 69.2 Å². The third-order valence-electron chi connectivity index (χ3n) is 7.24. The fraction of sp³-hybridized carbons (Fsp3) is 0.500. The Morgan fingerprint density at radius 2 is 1.83 bits per heavy atom. The summed E-state index contributed by atoms with van der Waals surface area (Å²) in [5.74, 6) is 1.42. The van der Waals surface area contributed by atoms with Crippen molar-refractivity contribution in [3.8, 4) is 5.88 Å². The second-order valence-electron chi connectivity index (χ2n) is 9.88. The second-order valence-corrected chi connectivity index (χ2v) is 9.88. The number of aromatic hydroxyl groups is 1. The van der Waals surface area contributed by atoms with Crippen LogP contribution in [-0.2, 0) is 11.2 Å². The zero-order valence-electron chi connectivity index (χ0n) is 20.6. The van der Waals surface area contributed by atoms with Gasteiger partial charge in [0.25, 0.3) is 0 Å². The minimum Gasteiger partial charge on any atom is -0.493 e. The molecular formula is C26H33FN6O2. The number of rotatable bonds is 5. The molecule has 186 valence electrons. The van der Waals surface area contributed by atoms with E-state index < -0.39 is 0 Å². The van der Waals surface area contributed by atoms with Gasteiger partial charge in [0.15, 0.2) is 0 Å². The monoisotopic (exact) mass is 480 g/mol. The first-order valence-electron chi connectivity index (χ1n) is 12.4. The van der Waals surface area contributed by atoms with Crippen LogP contribution in [0.4, 0.5) is 16.2 Å². The molecule has 2 saturated heterocycles. The fourth-order valence-corrected chi connectivity index (χ4v) is 5.25. The van der Waals surface area contributed by atoms with E-state index in [-0.39, 0.29) is 29.7 Å². The smallest absolute Gasteiger partial charge is 0.228 e. The molecule has 0 spiro atoms. The van der Waals surface area contributed by atoms with E-state index in [9.17, 15) is 14.3 Å². The molecule has 2 aliphatic heterocycles. The number of anilines is 2. The Labute approximate surface area is 205 Å². The van der Waals surface area contributed by atoms with Crippen LogP contribution in [0.15, 0.2) is 30.5 Å². The maximum atomic E-state index is 13.4. The van der Waals surface area contributed by atoms with Crippen LogP contribution >= 0.6 is 0 Å². The van der Waals surface area contributed by atoms with Crippen molar-refractivity contribution in [1.29, 1.82) is 0 Å². The first-order chi connectivity index (χ1) is 16.8. The summed E-state index contributed by atoms with van der Waals surface area (Å²) in [6.45, 7) is 9.07. The number of piperazine rings is 1. The zero-order chi connectivity index (χ0) is 24.7. The first-order valence-corrected chi connectivity index (χ1v) is 12.4. The second kappa shape index (κ2) is 9.36. The molecule has 8 nitrogen and oxygen atoms in total. The number of carbonyl (C=O) groups is 1. The van der Waals surface area contributed by atoms with Crippen LogP contribution in [0.3, 0.4) is 0 Å². The maximum Gasteiger partial charge on any atom is 0.228 e. The molecule has 9 heteroatoms. The topological polar surface area (TPSA) is 77.7 Å². The zero-order valence-corrected chi connectivity index (χ0v) is 20.6. The van der Waals surface area contributed by atoms with Crippen molar-refractivity contribution in [2.75, 3.05) is 42.5 Å². The van der Waals surface area contributed by atoms with Crippen molar-refractivity contribution in [1.82, 2.24) is 19.4 Å². The summed E-state index contributed by atoms with van der Waals surface area (Å²) in [6.07, 6.45) is 4.82.